The Balaban J connectivity index is 1.17. The molecular formula is C53H39N. The summed E-state index contributed by atoms with van der Waals surface area (Å²) in [6.45, 7) is 4.76. The van der Waals surface area contributed by atoms with E-state index in [2.05, 4.69) is 219 Å². The summed E-state index contributed by atoms with van der Waals surface area (Å²) < 4.78 is 0. The van der Waals surface area contributed by atoms with Gasteiger partial charge in [0.15, 0.2) is 0 Å². The van der Waals surface area contributed by atoms with Gasteiger partial charge in [-0.2, -0.15) is 0 Å². The Morgan fingerprint density at radius 1 is 0.352 bits per heavy atom. The molecule has 1 aliphatic rings. The summed E-state index contributed by atoms with van der Waals surface area (Å²) in [6, 6.07) is 73.4. The largest absolute Gasteiger partial charge is 0.310 e. The highest BCUT2D eigenvalue weighted by Gasteiger charge is 2.37. The van der Waals surface area contributed by atoms with Crippen molar-refractivity contribution in [1.29, 1.82) is 0 Å². The second kappa shape index (κ2) is 12.8. The van der Waals surface area contributed by atoms with Gasteiger partial charge in [-0.25, -0.2) is 0 Å². The van der Waals surface area contributed by atoms with Crippen molar-refractivity contribution >= 4 is 38.6 Å². The molecule has 0 radical (unpaired) electrons. The van der Waals surface area contributed by atoms with Crippen LogP contribution in [0.2, 0.25) is 0 Å². The second-order valence-corrected chi connectivity index (χ2v) is 14.9. The number of hydrogen-bond acceptors (Lipinski definition) is 1. The highest BCUT2D eigenvalue weighted by Crippen LogP contribution is 2.54. The van der Waals surface area contributed by atoms with Crippen molar-refractivity contribution in [2.24, 2.45) is 0 Å². The molecule has 1 aliphatic carbocycles. The number of nitrogens with zero attached hydrogens (tertiary/aromatic N) is 1. The summed E-state index contributed by atoms with van der Waals surface area (Å²) in [5.74, 6) is 0. The fourth-order valence-electron chi connectivity index (χ4n) is 8.76. The van der Waals surface area contributed by atoms with Crippen molar-refractivity contribution in [2.75, 3.05) is 4.90 Å². The van der Waals surface area contributed by atoms with Gasteiger partial charge >= 0.3 is 0 Å². The molecular weight excluding hydrogens is 651 g/mol. The van der Waals surface area contributed by atoms with Gasteiger partial charge in [-0.1, -0.05) is 172 Å². The molecule has 1 heteroatoms. The minimum atomic E-state index is -0.170. The summed E-state index contributed by atoms with van der Waals surface area (Å²) in [4.78, 5) is 2.46. The van der Waals surface area contributed by atoms with Crippen molar-refractivity contribution < 1.29 is 0 Å². The van der Waals surface area contributed by atoms with Gasteiger partial charge in [-0.15, -0.1) is 0 Å². The van der Waals surface area contributed by atoms with E-state index < -0.39 is 0 Å². The molecule has 0 aromatic heterocycles. The molecule has 0 aliphatic heterocycles. The van der Waals surface area contributed by atoms with Gasteiger partial charge in [0.25, 0.3) is 0 Å². The number of fused-ring (bicyclic) bond motifs is 5. The van der Waals surface area contributed by atoms with E-state index in [0.717, 1.165) is 17.1 Å². The van der Waals surface area contributed by atoms with Gasteiger partial charge in [0, 0.05) is 22.2 Å². The van der Waals surface area contributed by atoms with Crippen LogP contribution in [0.4, 0.5) is 17.1 Å². The molecule has 9 aromatic carbocycles. The molecule has 0 unspecified atom stereocenters. The van der Waals surface area contributed by atoms with Crippen LogP contribution in [-0.2, 0) is 5.41 Å². The van der Waals surface area contributed by atoms with Crippen LogP contribution in [0, 0.1) is 0 Å². The Morgan fingerprint density at radius 3 is 1.76 bits per heavy atom. The standard InChI is InChI=1S/C53H39N/c1-53(2)49-28-15-27-46(37-16-5-3-6-17-37)52(49)47-31-30-43(35-50(47)53)54(51-29-14-22-36-20-9-12-26-45(36)51)42-24-13-23-39(33-42)41-32-40-21-10-11-25-44(40)48(34-41)38-18-7-4-8-19-38/h3-35H,1-2H3. The summed E-state index contributed by atoms with van der Waals surface area (Å²) in [5.41, 5.74) is 16.0. The lowest BCUT2D eigenvalue weighted by molar-refractivity contribution is 0.660. The molecule has 54 heavy (non-hydrogen) atoms. The van der Waals surface area contributed by atoms with Gasteiger partial charge in [0.05, 0.1) is 5.69 Å². The zero-order chi connectivity index (χ0) is 36.2. The maximum Gasteiger partial charge on any atom is 0.0540 e. The van der Waals surface area contributed by atoms with Crippen LogP contribution in [-0.4, -0.2) is 0 Å². The Kier molecular flexibility index (Phi) is 7.56. The molecule has 1 nitrogen and oxygen atoms in total. The fraction of sp³-hybridized carbons (Fsp3) is 0.0566. The first-order valence-corrected chi connectivity index (χ1v) is 18.8. The lowest BCUT2D eigenvalue weighted by atomic mass is 9.81. The molecule has 0 N–H and O–H groups in total. The van der Waals surface area contributed by atoms with Gasteiger partial charge < -0.3 is 4.90 Å². The molecule has 0 bridgehead atoms. The minimum Gasteiger partial charge on any atom is -0.310 e. The summed E-state index contributed by atoms with van der Waals surface area (Å²) in [6.07, 6.45) is 0. The highest BCUT2D eigenvalue weighted by molar-refractivity contribution is 6.02. The predicted octanol–water partition coefficient (Wildman–Crippen LogP) is 14.8. The highest BCUT2D eigenvalue weighted by atomic mass is 15.1. The third-order valence-corrected chi connectivity index (χ3v) is 11.4. The third-order valence-electron chi connectivity index (χ3n) is 11.4. The lowest BCUT2D eigenvalue weighted by Gasteiger charge is -2.29. The first kappa shape index (κ1) is 32.0. The van der Waals surface area contributed by atoms with Crippen molar-refractivity contribution in [1.82, 2.24) is 0 Å². The van der Waals surface area contributed by atoms with E-state index in [0.29, 0.717) is 0 Å². The monoisotopic (exact) mass is 689 g/mol. The number of benzene rings is 9. The fourth-order valence-corrected chi connectivity index (χ4v) is 8.76. The topological polar surface area (TPSA) is 3.24 Å². The predicted molar refractivity (Wildman–Crippen MR) is 230 cm³/mol. The number of rotatable bonds is 6. The molecule has 0 saturated carbocycles. The van der Waals surface area contributed by atoms with E-state index in [1.807, 2.05) is 0 Å². The zero-order valence-corrected chi connectivity index (χ0v) is 30.5. The smallest absolute Gasteiger partial charge is 0.0540 e. The summed E-state index contributed by atoms with van der Waals surface area (Å²) in [5, 5.41) is 4.94. The third kappa shape index (κ3) is 5.24. The van der Waals surface area contributed by atoms with Gasteiger partial charge in [-0.3, -0.25) is 0 Å². The van der Waals surface area contributed by atoms with Crippen LogP contribution < -0.4 is 4.90 Å². The van der Waals surface area contributed by atoms with Crippen molar-refractivity contribution in [3.63, 3.8) is 0 Å². The van der Waals surface area contributed by atoms with Crippen LogP contribution in [0.15, 0.2) is 200 Å². The van der Waals surface area contributed by atoms with Crippen molar-refractivity contribution in [2.45, 2.75) is 19.3 Å². The minimum absolute atomic E-state index is 0.170. The van der Waals surface area contributed by atoms with Crippen molar-refractivity contribution in [3.05, 3.63) is 211 Å². The molecule has 256 valence electrons. The first-order chi connectivity index (χ1) is 26.5. The van der Waals surface area contributed by atoms with Gasteiger partial charge in [0.1, 0.15) is 0 Å². The average Bonchev–Trinajstić information content (AvgIpc) is 3.47. The van der Waals surface area contributed by atoms with E-state index in [1.54, 1.807) is 0 Å². The maximum absolute atomic E-state index is 2.46. The van der Waals surface area contributed by atoms with E-state index in [4.69, 9.17) is 0 Å². The van der Waals surface area contributed by atoms with E-state index >= 15 is 0 Å². The van der Waals surface area contributed by atoms with Gasteiger partial charge in [-0.05, 0) is 114 Å². The Hall–Kier alpha value is -6.70. The van der Waals surface area contributed by atoms with E-state index in [1.165, 1.54) is 77.2 Å². The van der Waals surface area contributed by atoms with Crippen molar-refractivity contribution in [3.8, 4) is 44.5 Å². The maximum atomic E-state index is 2.46. The van der Waals surface area contributed by atoms with Crippen LogP contribution in [0.5, 0.6) is 0 Å². The molecule has 0 amide bonds. The Labute approximate surface area is 317 Å². The normalized spacial score (nSPS) is 12.8. The van der Waals surface area contributed by atoms with E-state index in [9.17, 15) is 0 Å². The van der Waals surface area contributed by atoms with Crippen LogP contribution in [0.3, 0.4) is 0 Å². The van der Waals surface area contributed by atoms with Gasteiger partial charge in [0.2, 0.25) is 0 Å². The molecule has 9 aromatic rings. The molecule has 0 saturated heterocycles. The Morgan fingerprint density at radius 2 is 0.963 bits per heavy atom. The average molecular weight is 690 g/mol. The quantitative estimate of drug-likeness (QED) is 0.168. The molecule has 0 spiro atoms. The molecule has 0 fully saturated rings. The van der Waals surface area contributed by atoms with Crippen LogP contribution in [0.25, 0.3) is 66.1 Å². The van der Waals surface area contributed by atoms with E-state index in [-0.39, 0.29) is 5.41 Å². The van der Waals surface area contributed by atoms with Crippen LogP contribution >= 0.6 is 0 Å². The molecule has 0 atom stereocenters. The lowest BCUT2D eigenvalue weighted by Crippen LogP contribution is -2.16. The Bertz CT molecular complexity index is 2840. The number of anilines is 3. The number of hydrogen-bond donors (Lipinski definition) is 0. The summed E-state index contributed by atoms with van der Waals surface area (Å²) in [7, 11) is 0. The zero-order valence-electron chi connectivity index (χ0n) is 30.5. The molecule has 0 heterocycles. The first-order valence-electron chi connectivity index (χ1n) is 18.8. The van der Waals surface area contributed by atoms with Crippen LogP contribution in [0.1, 0.15) is 25.0 Å². The molecule has 10 rings (SSSR count). The second-order valence-electron chi connectivity index (χ2n) is 14.9. The SMILES string of the molecule is CC1(C)c2cc(N(c3cccc(-c4cc(-c5ccccc5)c5ccccc5c4)c3)c3cccc4ccccc34)ccc2-c2c(-c3ccccc3)cccc21. The summed E-state index contributed by atoms with van der Waals surface area (Å²) >= 11 is 0.